The lowest BCUT2D eigenvalue weighted by Gasteiger charge is -2.42. The fourth-order valence-electron chi connectivity index (χ4n) is 5.70. The smallest absolute Gasteiger partial charge is 0.370 e. The Hall–Kier alpha value is -3.54. The van der Waals surface area contributed by atoms with Crippen molar-refractivity contribution in [2.24, 2.45) is 11.3 Å². The molecule has 0 saturated carbocycles. The predicted octanol–water partition coefficient (Wildman–Crippen LogP) is 4.30. The Morgan fingerprint density at radius 3 is 2.28 bits per heavy atom. The van der Waals surface area contributed by atoms with Gasteiger partial charge in [0, 0.05) is 49.9 Å². The highest BCUT2D eigenvalue weighted by molar-refractivity contribution is 5.94. The van der Waals surface area contributed by atoms with Gasteiger partial charge in [-0.05, 0) is 57.0 Å². The molecule has 2 aliphatic heterocycles. The summed E-state index contributed by atoms with van der Waals surface area (Å²) in [5.74, 6) is -0.632. The first kappa shape index (κ1) is 25.5. The topological polar surface area (TPSA) is 76.4 Å². The van der Waals surface area contributed by atoms with E-state index in [0.717, 1.165) is 17.2 Å². The zero-order valence-corrected chi connectivity index (χ0v) is 20.6. The number of nitriles is 1. The molecule has 9 heteroatoms. The van der Waals surface area contributed by atoms with Crippen LogP contribution in [0.25, 0.3) is 0 Å². The van der Waals surface area contributed by atoms with E-state index in [1.54, 1.807) is 22.9 Å². The van der Waals surface area contributed by atoms with Gasteiger partial charge in [-0.25, -0.2) is 0 Å². The third-order valence-electron chi connectivity index (χ3n) is 7.52. The van der Waals surface area contributed by atoms with Gasteiger partial charge >= 0.3 is 6.18 Å². The van der Waals surface area contributed by atoms with Crippen LogP contribution in [0.1, 0.15) is 45.5 Å². The normalized spacial score (nSPS) is 19.3. The molecule has 0 bridgehead atoms. The van der Waals surface area contributed by atoms with Crippen molar-refractivity contribution < 1.29 is 22.8 Å². The Morgan fingerprint density at radius 2 is 1.72 bits per heavy atom. The second-order valence-electron chi connectivity index (χ2n) is 9.92. The molecule has 1 spiro atoms. The molecule has 0 aliphatic carbocycles. The molecule has 1 unspecified atom stereocenters. The number of hydrogen-bond acceptors (Lipinski definition) is 4. The minimum atomic E-state index is -4.65. The number of rotatable bonds is 3. The van der Waals surface area contributed by atoms with Crippen molar-refractivity contribution >= 4 is 17.5 Å². The molecule has 2 aromatic rings. The van der Waals surface area contributed by atoms with Gasteiger partial charge in [-0.2, -0.15) is 18.4 Å². The first-order valence-electron chi connectivity index (χ1n) is 11.9. The van der Waals surface area contributed by atoms with E-state index in [2.05, 4.69) is 5.32 Å². The molecule has 2 aliphatic rings. The summed E-state index contributed by atoms with van der Waals surface area (Å²) in [6.07, 6.45) is -3.51. The molecule has 2 amide bonds. The number of likely N-dealkylation sites (tertiary alicyclic amines) is 1. The van der Waals surface area contributed by atoms with E-state index < -0.39 is 28.6 Å². The monoisotopic (exact) mass is 498 g/mol. The molecule has 0 radical (unpaired) electrons. The van der Waals surface area contributed by atoms with E-state index >= 15 is 0 Å². The van der Waals surface area contributed by atoms with Crippen molar-refractivity contribution in [1.29, 1.82) is 5.26 Å². The van der Waals surface area contributed by atoms with Crippen molar-refractivity contribution in [1.82, 2.24) is 10.2 Å². The number of benzene rings is 2. The first-order valence-corrected chi connectivity index (χ1v) is 11.9. The number of nitrogens with zero attached hydrogens (tertiary/aromatic N) is 3. The Balaban J connectivity index is 1.57. The maximum atomic E-state index is 13.5. The average Bonchev–Trinajstić information content (AvgIpc) is 3.20. The summed E-state index contributed by atoms with van der Waals surface area (Å²) in [7, 11) is 1.56. The number of piperidine rings is 1. The molecule has 0 aromatic heterocycles. The Bertz CT molecular complexity index is 1210. The summed E-state index contributed by atoms with van der Waals surface area (Å²) in [6, 6.07) is 11.0. The summed E-state index contributed by atoms with van der Waals surface area (Å²) in [5.41, 5.74) is 1.12. The number of carbonyl (C=O) groups is 2. The van der Waals surface area contributed by atoms with Gasteiger partial charge in [0.1, 0.15) is 0 Å². The van der Waals surface area contributed by atoms with Crippen molar-refractivity contribution in [2.75, 3.05) is 38.1 Å². The van der Waals surface area contributed by atoms with E-state index in [1.807, 2.05) is 32.0 Å². The highest BCUT2D eigenvalue weighted by atomic mass is 19.4. The number of amides is 2. The number of carbonyl (C=O) groups excluding carboxylic acids is 2. The third-order valence-corrected chi connectivity index (χ3v) is 7.52. The molecule has 2 heterocycles. The van der Waals surface area contributed by atoms with Crippen molar-refractivity contribution in [3.05, 3.63) is 64.2 Å². The molecule has 1 atom stereocenters. The summed E-state index contributed by atoms with van der Waals surface area (Å²) in [5, 5.41) is 11.8. The molecular formula is C27H29F3N4O2. The summed E-state index contributed by atoms with van der Waals surface area (Å²) in [4.78, 5) is 29.6. The van der Waals surface area contributed by atoms with Crippen LogP contribution in [0.5, 0.6) is 0 Å². The molecular weight excluding hydrogens is 469 g/mol. The lowest BCUT2D eigenvalue weighted by molar-refractivity contribution is -0.137. The van der Waals surface area contributed by atoms with E-state index in [-0.39, 0.29) is 18.4 Å². The quantitative estimate of drug-likeness (QED) is 0.685. The second kappa shape index (κ2) is 9.49. The largest absolute Gasteiger partial charge is 0.417 e. The number of halogens is 3. The third kappa shape index (κ3) is 4.77. The van der Waals surface area contributed by atoms with Gasteiger partial charge in [0.15, 0.2) is 0 Å². The first-order chi connectivity index (χ1) is 17.0. The van der Waals surface area contributed by atoms with Gasteiger partial charge in [0.05, 0.1) is 23.1 Å². The Labute approximate surface area is 208 Å². The maximum Gasteiger partial charge on any atom is 0.417 e. The standard InChI is InChI=1S/C27H29F3N4O2/c1-17-10-18(2)12-20(11-17)25(36)33-8-6-26(7-9-33)16-34(15-23(26)24(35)32-3)21-5-4-19(14-31)22(13-21)27(28,29)30/h4-5,10-13,23H,6-9,15-16H2,1-3H3,(H,32,35). The van der Waals surface area contributed by atoms with Crippen LogP contribution < -0.4 is 10.2 Å². The van der Waals surface area contributed by atoms with Crippen LogP contribution in [0.3, 0.4) is 0 Å². The van der Waals surface area contributed by atoms with E-state index in [0.29, 0.717) is 43.7 Å². The number of hydrogen-bond donors (Lipinski definition) is 1. The molecule has 1 N–H and O–H groups in total. The SMILES string of the molecule is CNC(=O)C1CN(c2ccc(C#N)c(C(F)(F)F)c2)CC12CCN(C(=O)c1cc(C)cc(C)c1)CC2. The van der Waals surface area contributed by atoms with Crippen LogP contribution in [0.15, 0.2) is 36.4 Å². The van der Waals surface area contributed by atoms with Crippen LogP contribution in [0.4, 0.5) is 18.9 Å². The molecule has 2 aromatic carbocycles. The molecule has 6 nitrogen and oxygen atoms in total. The van der Waals surface area contributed by atoms with Crippen LogP contribution in [0, 0.1) is 36.5 Å². The van der Waals surface area contributed by atoms with E-state index in [4.69, 9.17) is 5.26 Å². The second-order valence-corrected chi connectivity index (χ2v) is 9.92. The number of anilines is 1. The minimum absolute atomic E-state index is 0.0510. The predicted molar refractivity (Wildman–Crippen MR) is 129 cm³/mol. The van der Waals surface area contributed by atoms with Crippen LogP contribution >= 0.6 is 0 Å². The van der Waals surface area contributed by atoms with E-state index in [9.17, 15) is 22.8 Å². The van der Waals surface area contributed by atoms with Gasteiger partial charge in [-0.1, -0.05) is 17.2 Å². The average molecular weight is 499 g/mol. The number of nitrogens with one attached hydrogen (secondary N) is 1. The van der Waals surface area contributed by atoms with Gasteiger partial charge < -0.3 is 15.1 Å². The van der Waals surface area contributed by atoms with Crippen LogP contribution in [-0.2, 0) is 11.0 Å². The molecule has 2 saturated heterocycles. The fourth-order valence-corrected chi connectivity index (χ4v) is 5.70. The molecule has 190 valence electrons. The number of alkyl halides is 3. The zero-order valence-electron chi connectivity index (χ0n) is 20.6. The Morgan fingerprint density at radius 1 is 1.08 bits per heavy atom. The maximum absolute atomic E-state index is 13.5. The molecule has 2 fully saturated rings. The summed E-state index contributed by atoms with van der Waals surface area (Å²) >= 11 is 0. The van der Waals surface area contributed by atoms with Crippen LogP contribution in [-0.4, -0.2) is 49.9 Å². The van der Waals surface area contributed by atoms with Crippen molar-refractivity contribution in [3.8, 4) is 6.07 Å². The number of aryl methyl sites for hydroxylation is 2. The molecule has 36 heavy (non-hydrogen) atoms. The van der Waals surface area contributed by atoms with Gasteiger partial charge in [0.2, 0.25) is 5.91 Å². The van der Waals surface area contributed by atoms with Gasteiger partial charge in [-0.15, -0.1) is 0 Å². The lowest BCUT2D eigenvalue weighted by atomic mass is 9.70. The lowest BCUT2D eigenvalue weighted by Crippen LogP contribution is -2.49. The molecule has 4 rings (SSSR count). The highest BCUT2D eigenvalue weighted by Crippen LogP contribution is 2.47. The minimum Gasteiger partial charge on any atom is -0.370 e. The fraction of sp³-hybridized carbons (Fsp3) is 0.444. The van der Waals surface area contributed by atoms with Crippen molar-refractivity contribution in [3.63, 3.8) is 0 Å². The highest BCUT2D eigenvalue weighted by Gasteiger charge is 2.51. The van der Waals surface area contributed by atoms with Gasteiger partial charge in [0.25, 0.3) is 5.91 Å². The summed E-state index contributed by atoms with van der Waals surface area (Å²) < 4.78 is 40.6. The van der Waals surface area contributed by atoms with E-state index in [1.165, 1.54) is 12.1 Å². The van der Waals surface area contributed by atoms with Gasteiger partial charge in [-0.3, -0.25) is 9.59 Å². The van der Waals surface area contributed by atoms with Crippen LogP contribution in [0.2, 0.25) is 0 Å². The van der Waals surface area contributed by atoms with Crippen molar-refractivity contribution in [2.45, 2.75) is 32.9 Å². The summed E-state index contributed by atoms with van der Waals surface area (Å²) in [6.45, 7) is 5.50. The Kier molecular flexibility index (Phi) is 6.74. The zero-order chi connectivity index (χ0) is 26.3.